The summed E-state index contributed by atoms with van der Waals surface area (Å²) < 4.78 is 3.91. The second-order valence-corrected chi connectivity index (χ2v) is 17.8. The van der Waals surface area contributed by atoms with Gasteiger partial charge in [-0.25, -0.2) is 0 Å². The highest BCUT2D eigenvalue weighted by Crippen LogP contribution is 2.61. The van der Waals surface area contributed by atoms with Crippen molar-refractivity contribution in [3.63, 3.8) is 0 Å². The summed E-state index contributed by atoms with van der Waals surface area (Å²) >= 11 is 3.80. The van der Waals surface area contributed by atoms with Crippen molar-refractivity contribution in [2.75, 3.05) is 4.90 Å². The third kappa shape index (κ3) is 5.44. The maximum atomic E-state index is 2.46. The lowest BCUT2D eigenvalue weighted by Gasteiger charge is -2.34. The van der Waals surface area contributed by atoms with Crippen LogP contribution in [0.5, 0.6) is 0 Å². The zero-order valence-corrected chi connectivity index (χ0v) is 34.3. The topological polar surface area (TPSA) is 3.24 Å². The second-order valence-electron chi connectivity index (χ2n) is 15.6. The molecule has 3 heteroatoms. The molecule has 0 aliphatic heterocycles. The van der Waals surface area contributed by atoms with Crippen LogP contribution in [-0.4, -0.2) is 0 Å². The Hall–Kier alpha value is -7.04. The van der Waals surface area contributed by atoms with Crippen LogP contribution < -0.4 is 4.90 Å². The minimum absolute atomic E-state index is 0.421. The Balaban J connectivity index is 0.974. The van der Waals surface area contributed by atoms with E-state index in [-0.39, 0.29) is 0 Å². The van der Waals surface area contributed by atoms with E-state index in [1.54, 1.807) is 0 Å². The minimum atomic E-state index is -0.421. The molecular weight excluding hydrogens is 763 g/mol. The largest absolute Gasteiger partial charge is 0.310 e. The number of rotatable bonds is 7. The maximum absolute atomic E-state index is 2.46. The molecule has 60 heavy (non-hydrogen) atoms. The Morgan fingerprint density at radius 1 is 0.333 bits per heavy atom. The number of hydrogen-bond acceptors (Lipinski definition) is 3. The highest BCUT2D eigenvalue weighted by Gasteiger charge is 2.48. The quantitative estimate of drug-likeness (QED) is 0.155. The summed E-state index contributed by atoms with van der Waals surface area (Å²) in [6.45, 7) is 0. The number of benzene rings is 9. The van der Waals surface area contributed by atoms with Gasteiger partial charge in [-0.15, -0.1) is 22.7 Å². The molecule has 1 aliphatic carbocycles. The average molecular weight is 800 g/mol. The van der Waals surface area contributed by atoms with E-state index in [1.165, 1.54) is 85.2 Å². The zero-order chi connectivity index (χ0) is 39.6. The maximum Gasteiger partial charge on any atom is 0.0728 e. The van der Waals surface area contributed by atoms with Crippen molar-refractivity contribution in [3.8, 4) is 32.7 Å². The minimum Gasteiger partial charge on any atom is -0.310 e. The van der Waals surface area contributed by atoms with Crippen molar-refractivity contribution in [3.05, 3.63) is 247 Å². The predicted molar refractivity (Wildman–Crippen MR) is 258 cm³/mol. The molecule has 12 rings (SSSR count). The lowest BCUT2D eigenvalue weighted by atomic mass is 9.67. The Labute approximate surface area is 357 Å². The van der Waals surface area contributed by atoms with E-state index in [2.05, 4.69) is 229 Å². The summed E-state index contributed by atoms with van der Waals surface area (Å²) in [5.41, 5.74) is 14.6. The van der Waals surface area contributed by atoms with Gasteiger partial charge in [-0.3, -0.25) is 0 Å². The number of para-hydroxylation sites is 1. The van der Waals surface area contributed by atoms with Crippen LogP contribution in [0, 0.1) is 0 Å². The first-order valence-corrected chi connectivity index (χ1v) is 22.1. The van der Waals surface area contributed by atoms with Crippen molar-refractivity contribution in [2.45, 2.75) is 5.41 Å². The molecule has 1 nitrogen and oxygen atoms in total. The first-order valence-electron chi connectivity index (χ1n) is 20.5. The van der Waals surface area contributed by atoms with Crippen molar-refractivity contribution >= 4 is 70.0 Å². The molecular formula is C57H37NS2. The molecule has 0 radical (unpaired) electrons. The van der Waals surface area contributed by atoms with Crippen LogP contribution in [0.3, 0.4) is 0 Å². The van der Waals surface area contributed by atoms with E-state index in [4.69, 9.17) is 0 Å². The zero-order valence-electron chi connectivity index (χ0n) is 32.6. The Morgan fingerprint density at radius 2 is 0.883 bits per heavy atom. The number of thiophene rings is 2. The van der Waals surface area contributed by atoms with Crippen LogP contribution >= 0.6 is 22.7 Å². The molecule has 0 amide bonds. The van der Waals surface area contributed by atoms with Crippen LogP contribution in [0.15, 0.2) is 224 Å². The molecule has 1 aliphatic rings. The molecule has 0 unspecified atom stereocenters. The van der Waals surface area contributed by atoms with E-state index in [0.717, 1.165) is 17.1 Å². The van der Waals surface area contributed by atoms with E-state index in [0.29, 0.717) is 0 Å². The van der Waals surface area contributed by atoms with Gasteiger partial charge in [0.15, 0.2) is 0 Å². The van der Waals surface area contributed by atoms with Gasteiger partial charge in [-0.05, 0) is 116 Å². The highest BCUT2D eigenvalue weighted by atomic mass is 32.1. The number of hydrogen-bond donors (Lipinski definition) is 0. The number of anilines is 3. The van der Waals surface area contributed by atoms with E-state index < -0.39 is 5.41 Å². The Kier molecular flexibility index (Phi) is 8.19. The van der Waals surface area contributed by atoms with Gasteiger partial charge >= 0.3 is 0 Å². The van der Waals surface area contributed by atoms with Gasteiger partial charge < -0.3 is 4.90 Å². The summed E-state index contributed by atoms with van der Waals surface area (Å²) in [4.78, 5) is 3.73. The standard InChI is InChI=1S/C57H37NS2/c1-5-15-38(16-6-1)39-25-29-45(30-26-39)58(44-21-11-4-12-22-44)46-31-34-53-49(37-46)47-32-27-41(36-54(47)59-53)40-28-33-51-50(35-40)56-55(48-23-13-14-24-52(48)60-56)57(51,42-17-7-2-8-18-42)43-19-9-3-10-20-43/h1-37H. The van der Waals surface area contributed by atoms with Crippen molar-refractivity contribution in [1.29, 1.82) is 0 Å². The molecule has 0 saturated heterocycles. The molecule has 0 spiro atoms. The van der Waals surface area contributed by atoms with Crippen LogP contribution in [0.4, 0.5) is 17.1 Å². The number of nitrogens with zero attached hydrogens (tertiary/aromatic N) is 1. The molecule has 0 saturated carbocycles. The van der Waals surface area contributed by atoms with Gasteiger partial charge in [0.25, 0.3) is 0 Å². The first-order chi connectivity index (χ1) is 29.7. The molecule has 282 valence electrons. The monoisotopic (exact) mass is 799 g/mol. The summed E-state index contributed by atoms with van der Waals surface area (Å²) in [5.74, 6) is 0. The van der Waals surface area contributed by atoms with Gasteiger partial charge in [0.2, 0.25) is 0 Å². The number of fused-ring (bicyclic) bond motifs is 8. The van der Waals surface area contributed by atoms with Gasteiger partial charge in [0.1, 0.15) is 0 Å². The fourth-order valence-corrected chi connectivity index (χ4v) is 12.1. The van der Waals surface area contributed by atoms with Crippen LogP contribution in [-0.2, 0) is 5.41 Å². The molecule has 9 aromatic carbocycles. The molecule has 0 bridgehead atoms. The summed E-state index contributed by atoms with van der Waals surface area (Å²) in [7, 11) is 0. The van der Waals surface area contributed by atoms with E-state index in [1.807, 2.05) is 22.7 Å². The lowest BCUT2D eigenvalue weighted by molar-refractivity contribution is 0.777. The molecule has 11 aromatic rings. The van der Waals surface area contributed by atoms with Crippen molar-refractivity contribution in [2.24, 2.45) is 0 Å². The van der Waals surface area contributed by atoms with Crippen LogP contribution in [0.25, 0.3) is 63.0 Å². The van der Waals surface area contributed by atoms with Gasteiger partial charge in [0, 0.05) is 46.8 Å². The fraction of sp³-hybridized carbons (Fsp3) is 0.0175. The van der Waals surface area contributed by atoms with Crippen LogP contribution in [0.2, 0.25) is 0 Å². The predicted octanol–water partition coefficient (Wildman–Crippen LogP) is 16.4. The summed E-state index contributed by atoms with van der Waals surface area (Å²) in [6.07, 6.45) is 0. The first kappa shape index (κ1) is 35.0. The molecule has 0 fully saturated rings. The summed E-state index contributed by atoms with van der Waals surface area (Å²) in [6, 6.07) is 82.7. The molecule has 0 atom stereocenters. The third-order valence-corrected chi connectivity index (χ3v) is 14.7. The van der Waals surface area contributed by atoms with E-state index in [9.17, 15) is 0 Å². The van der Waals surface area contributed by atoms with Crippen molar-refractivity contribution in [1.82, 2.24) is 0 Å². The average Bonchev–Trinajstić information content (AvgIpc) is 3.98. The smallest absolute Gasteiger partial charge is 0.0728 e. The molecule has 0 N–H and O–H groups in total. The van der Waals surface area contributed by atoms with Gasteiger partial charge in [-0.2, -0.15) is 0 Å². The SMILES string of the molecule is c1ccc(-c2ccc(N(c3ccccc3)c3ccc4sc5cc(-c6ccc7c(c6)-c6sc8ccccc8c6C7(c6ccccc6)c6ccccc6)ccc5c4c3)cc2)cc1. The highest BCUT2D eigenvalue weighted by molar-refractivity contribution is 7.25. The summed E-state index contributed by atoms with van der Waals surface area (Å²) in [5, 5.41) is 3.90. The molecule has 2 heterocycles. The lowest BCUT2D eigenvalue weighted by Crippen LogP contribution is -2.28. The normalized spacial score (nSPS) is 12.8. The van der Waals surface area contributed by atoms with Gasteiger partial charge in [-0.1, -0.05) is 164 Å². The van der Waals surface area contributed by atoms with Crippen molar-refractivity contribution < 1.29 is 0 Å². The van der Waals surface area contributed by atoms with Gasteiger partial charge in [0.05, 0.1) is 5.41 Å². The fourth-order valence-electron chi connectivity index (χ4n) is 9.67. The second kappa shape index (κ2) is 14.1. The van der Waals surface area contributed by atoms with Crippen LogP contribution in [0.1, 0.15) is 22.3 Å². The third-order valence-electron chi connectivity index (χ3n) is 12.3. The Morgan fingerprint density at radius 3 is 1.62 bits per heavy atom. The molecule has 2 aromatic heterocycles. The van der Waals surface area contributed by atoms with E-state index >= 15 is 0 Å². The Bertz CT molecular complexity index is 3310.